The van der Waals surface area contributed by atoms with Crippen molar-refractivity contribution < 1.29 is 22.6 Å². The molecule has 1 unspecified atom stereocenters. The molecule has 0 bridgehead atoms. The lowest BCUT2D eigenvalue weighted by molar-refractivity contribution is -0.389. The van der Waals surface area contributed by atoms with Crippen LogP contribution in [0.15, 0.2) is 6.20 Å². The molecule has 1 aromatic heterocycles. The second-order valence-electron chi connectivity index (χ2n) is 5.06. The maximum atomic E-state index is 10.6. The number of imidazole rings is 1. The van der Waals surface area contributed by atoms with Crippen LogP contribution >= 0.6 is 0 Å². The van der Waals surface area contributed by atoms with Crippen LogP contribution in [-0.2, 0) is 16.7 Å². The highest BCUT2D eigenvalue weighted by molar-refractivity contribution is 7.85. The number of fused-ring (bicyclic) bond motifs is 1. The van der Waals surface area contributed by atoms with Gasteiger partial charge in [0.2, 0.25) is 0 Å². The van der Waals surface area contributed by atoms with E-state index >= 15 is 0 Å². The van der Waals surface area contributed by atoms with Gasteiger partial charge in [0.15, 0.2) is 0 Å². The molecule has 10 heteroatoms. The highest BCUT2D eigenvalue weighted by Gasteiger charge is 2.39. The maximum absolute atomic E-state index is 10.6. The Morgan fingerprint density at radius 2 is 2.30 bits per heavy atom. The molecule has 0 saturated carbocycles. The Balaban J connectivity index is 1.88. The van der Waals surface area contributed by atoms with Crippen molar-refractivity contribution in [3.8, 4) is 6.01 Å². The van der Waals surface area contributed by atoms with Crippen molar-refractivity contribution in [2.24, 2.45) is 0 Å². The van der Waals surface area contributed by atoms with Crippen LogP contribution in [0, 0.1) is 10.1 Å². The van der Waals surface area contributed by atoms with Crippen molar-refractivity contribution in [2.75, 3.05) is 5.75 Å². The lowest BCUT2D eigenvalue weighted by Gasteiger charge is -2.21. The highest BCUT2D eigenvalue weighted by atomic mass is 32.2. The standard InChI is InChI=1S/C10H15N3O6S/c1-10(4-2-3-5-20(16,17)18)7-12-6-8(13(14)15)11-9(12)19-10/h6H,2-5,7H2,1H3,(H,16,17,18). The van der Waals surface area contributed by atoms with Gasteiger partial charge in [-0.05, 0) is 31.1 Å². The molecular weight excluding hydrogens is 290 g/mol. The highest BCUT2D eigenvalue weighted by Crippen LogP contribution is 2.33. The summed E-state index contributed by atoms with van der Waals surface area (Å²) >= 11 is 0. The molecule has 2 heterocycles. The molecular formula is C10H15N3O6S. The van der Waals surface area contributed by atoms with E-state index in [1.807, 2.05) is 6.92 Å². The van der Waals surface area contributed by atoms with Gasteiger partial charge in [-0.1, -0.05) is 0 Å². The maximum Gasteiger partial charge on any atom is 0.414 e. The first-order valence-corrected chi connectivity index (χ1v) is 7.65. The van der Waals surface area contributed by atoms with Crippen LogP contribution in [-0.4, -0.2) is 38.8 Å². The number of nitro groups is 1. The van der Waals surface area contributed by atoms with Crippen LogP contribution in [0.25, 0.3) is 0 Å². The molecule has 112 valence electrons. The van der Waals surface area contributed by atoms with E-state index in [4.69, 9.17) is 9.29 Å². The minimum atomic E-state index is -3.93. The molecule has 0 spiro atoms. The molecule has 0 aliphatic carbocycles. The van der Waals surface area contributed by atoms with Gasteiger partial charge in [-0.3, -0.25) is 9.12 Å². The Labute approximate surface area is 115 Å². The van der Waals surface area contributed by atoms with Crippen LogP contribution in [0.3, 0.4) is 0 Å². The van der Waals surface area contributed by atoms with E-state index in [-0.39, 0.29) is 17.6 Å². The first kappa shape index (κ1) is 14.7. The molecule has 9 nitrogen and oxygen atoms in total. The average molecular weight is 305 g/mol. The lowest BCUT2D eigenvalue weighted by Crippen LogP contribution is -2.31. The van der Waals surface area contributed by atoms with Gasteiger partial charge in [0.25, 0.3) is 10.1 Å². The van der Waals surface area contributed by atoms with Crippen molar-refractivity contribution >= 4 is 15.9 Å². The van der Waals surface area contributed by atoms with Crippen molar-refractivity contribution in [1.82, 2.24) is 9.55 Å². The van der Waals surface area contributed by atoms with Gasteiger partial charge in [0.1, 0.15) is 11.8 Å². The Bertz CT molecular complexity index is 599. The molecule has 0 amide bonds. The number of unbranched alkanes of at least 4 members (excludes halogenated alkanes) is 1. The molecule has 0 aromatic carbocycles. The summed E-state index contributed by atoms with van der Waals surface area (Å²) in [4.78, 5) is 13.7. The van der Waals surface area contributed by atoms with E-state index in [1.54, 1.807) is 4.57 Å². The monoisotopic (exact) mass is 305 g/mol. The third kappa shape index (κ3) is 3.45. The number of hydrogen-bond donors (Lipinski definition) is 1. The van der Waals surface area contributed by atoms with Gasteiger partial charge in [-0.15, -0.1) is 0 Å². The van der Waals surface area contributed by atoms with E-state index < -0.39 is 20.6 Å². The number of aromatic nitrogens is 2. The largest absolute Gasteiger partial charge is 0.438 e. The van der Waals surface area contributed by atoms with Crippen molar-refractivity contribution in [1.29, 1.82) is 0 Å². The fraction of sp³-hybridized carbons (Fsp3) is 0.700. The Morgan fingerprint density at radius 3 is 2.85 bits per heavy atom. The van der Waals surface area contributed by atoms with E-state index in [9.17, 15) is 18.5 Å². The number of ether oxygens (including phenoxy) is 1. The fourth-order valence-corrected chi connectivity index (χ4v) is 2.76. The number of nitrogens with zero attached hydrogens (tertiary/aromatic N) is 3. The summed E-state index contributed by atoms with van der Waals surface area (Å²) in [7, 11) is -3.93. The molecule has 0 radical (unpaired) electrons. The van der Waals surface area contributed by atoms with Crippen LogP contribution in [0.4, 0.5) is 5.82 Å². The van der Waals surface area contributed by atoms with Gasteiger partial charge in [0, 0.05) is 4.98 Å². The summed E-state index contributed by atoms with van der Waals surface area (Å²) in [5.41, 5.74) is -0.559. The summed E-state index contributed by atoms with van der Waals surface area (Å²) in [6.07, 6.45) is 2.78. The van der Waals surface area contributed by atoms with Crippen molar-refractivity contribution in [3.63, 3.8) is 0 Å². The van der Waals surface area contributed by atoms with Crippen LogP contribution < -0.4 is 4.74 Å². The van der Waals surface area contributed by atoms with Crippen molar-refractivity contribution in [3.05, 3.63) is 16.3 Å². The SMILES string of the molecule is CC1(CCCCS(=O)(=O)O)Cn2cc([N+](=O)[O-])nc2O1. The molecule has 1 atom stereocenters. The van der Waals surface area contributed by atoms with Crippen LogP contribution in [0.2, 0.25) is 0 Å². The first-order valence-electron chi connectivity index (χ1n) is 6.04. The molecule has 0 fully saturated rings. The van der Waals surface area contributed by atoms with E-state index in [0.717, 1.165) is 0 Å². The lowest BCUT2D eigenvalue weighted by atomic mass is 9.99. The second kappa shape index (κ2) is 5.02. The summed E-state index contributed by atoms with van der Waals surface area (Å²) in [6.45, 7) is 2.26. The summed E-state index contributed by atoms with van der Waals surface area (Å²) in [5, 5.41) is 10.6. The van der Waals surface area contributed by atoms with Gasteiger partial charge in [0.05, 0.1) is 12.3 Å². The van der Waals surface area contributed by atoms with Crippen molar-refractivity contribution in [2.45, 2.75) is 38.3 Å². The normalized spacial score (nSPS) is 21.5. The Kier molecular flexibility index (Phi) is 3.69. The van der Waals surface area contributed by atoms with E-state index in [0.29, 0.717) is 25.8 Å². The van der Waals surface area contributed by atoms with E-state index in [2.05, 4.69) is 4.98 Å². The molecule has 1 aliphatic rings. The summed E-state index contributed by atoms with van der Waals surface area (Å²) < 4.78 is 37.0. The smallest absolute Gasteiger partial charge is 0.414 e. The summed E-state index contributed by atoms with van der Waals surface area (Å²) in [5.74, 6) is -0.535. The fourth-order valence-electron chi connectivity index (χ4n) is 2.19. The number of hydrogen-bond acceptors (Lipinski definition) is 6. The summed E-state index contributed by atoms with van der Waals surface area (Å²) in [6, 6.07) is 0.203. The zero-order valence-corrected chi connectivity index (χ0v) is 11.7. The second-order valence-corrected chi connectivity index (χ2v) is 6.63. The molecule has 20 heavy (non-hydrogen) atoms. The zero-order chi connectivity index (χ0) is 15.0. The predicted molar refractivity (Wildman–Crippen MR) is 68.2 cm³/mol. The minimum absolute atomic E-state index is 0.203. The van der Waals surface area contributed by atoms with Crippen LogP contribution in [0.1, 0.15) is 26.2 Å². The Morgan fingerprint density at radius 1 is 1.60 bits per heavy atom. The molecule has 1 N–H and O–H groups in total. The predicted octanol–water partition coefficient (Wildman–Crippen LogP) is 1.00. The first-order chi connectivity index (χ1) is 9.19. The Hall–Kier alpha value is -1.68. The topological polar surface area (TPSA) is 125 Å². The third-order valence-corrected chi connectivity index (χ3v) is 3.92. The average Bonchev–Trinajstić information content (AvgIpc) is 2.78. The van der Waals surface area contributed by atoms with Crippen LogP contribution in [0.5, 0.6) is 6.01 Å². The molecule has 0 saturated heterocycles. The van der Waals surface area contributed by atoms with Gasteiger partial charge in [-0.2, -0.15) is 8.42 Å². The minimum Gasteiger partial charge on any atom is -0.438 e. The zero-order valence-electron chi connectivity index (χ0n) is 10.9. The third-order valence-electron chi connectivity index (χ3n) is 3.11. The van der Waals surface area contributed by atoms with Gasteiger partial charge >= 0.3 is 11.8 Å². The quantitative estimate of drug-likeness (QED) is 0.359. The van der Waals surface area contributed by atoms with Gasteiger partial charge in [-0.25, -0.2) is 0 Å². The van der Waals surface area contributed by atoms with E-state index in [1.165, 1.54) is 6.20 Å². The number of rotatable bonds is 6. The molecule has 2 rings (SSSR count). The molecule has 1 aliphatic heterocycles. The molecule has 1 aromatic rings. The van der Waals surface area contributed by atoms with Gasteiger partial charge < -0.3 is 14.9 Å².